The Labute approximate surface area is 62.5 Å². The van der Waals surface area contributed by atoms with E-state index in [1.165, 1.54) is 0 Å². The Kier molecular flexibility index (Phi) is 2.69. The quantitative estimate of drug-likeness (QED) is 0.554. The molecule has 2 heteroatoms. The number of hydrogen-bond acceptors (Lipinski definition) is 2. The van der Waals surface area contributed by atoms with Crippen molar-refractivity contribution < 1.29 is 9.47 Å². The monoisotopic (exact) mass is 144 g/mol. The molecule has 1 aliphatic rings. The molecule has 0 saturated carbocycles. The summed E-state index contributed by atoms with van der Waals surface area (Å²) in [4.78, 5) is 0. The molecule has 1 heterocycles. The van der Waals surface area contributed by atoms with Crippen LogP contribution in [0.25, 0.3) is 0 Å². The average molecular weight is 144 g/mol. The molecule has 2 unspecified atom stereocenters. The Bertz CT molecular complexity index is 103. The normalized spacial score (nSPS) is 41.7. The van der Waals surface area contributed by atoms with Crippen LogP contribution in [0, 0.1) is 5.92 Å². The lowest BCUT2D eigenvalue weighted by atomic mass is 9.94. The molecule has 0 amide bonds. The van der Waals surface area contributed by atoms with Gasteiger partial charge in [0.25, 0.3) is 0 Å². The summed E-state index contributed by atoms with van der Waals surface area (Å²) in [7, 11) is 1.78. The van der Waals surface area contributed by atoms with Crippen molar-refractivity contribution in [1.29, 1.82) is 0 Å². The predicted molar refractivity (Wildman–Crippen MR) is 40.0 cm³/mol. The van der Waals surface area contributed by atoms with E-state index in [2.05, 4.69) is 13.8 Å². The van der Waals surface area contributed by atoms with E-state index >= 15 is 0 Å². The maximum absolute atomic E-state index is 5.44. The summed E-state index contributed by atoms with van der Waals surface area (Å²) in [6, 6.07) is 0. The van der Waals surface area contributed by atoms with Gasteiger partial charge in [-0.3, -0.25) is 0 Å². The van der Waals surface area contributed by atoms with E-state index in [0.717, 1.165) is 13.0 Å². The van der Waals surface area contributed by atoms with E-state index in [9.17, 15) is 0 Å². The van der Waals surface area contributed by atoms with E-state index < -0.39 is 0 Å². The van der Waals surface area contributed by atoms with Gasteiger partial charge >= 0.3 is 0 Å². The van der Waals surface area contributed by atoms with Crippen molar-refractivity contribution in [3.05, 3.63) is 0 Å². The van der Waals surface area contributed by atoms with Crippen molar-refractivity contribution in [1.82, 2.24) is 0 Å². The molecular weight excluding hydrogens is 128 g/mol. The molecule has 1 aliphatic heterocycles. The Balaban J connectivity index is 2.42. The number of ether oxygens (including phenoxy) is 2. The first-order valence-electron chi connectivity index (χ1n) is 3.90. The lowest BCUT2D eigenvalue weighted by molar-refractivity contribution is -0.0911. The molecule has 1 fully saturated rings. The maximum atomic E-state index is 5.44. The first kappa shape index (κ1) is 8.02. The van der Waals surface area contributed by atoms with Gasteiger partial charge in [-0.2, -0.15) is 0 Å². The van der Waals surface area contributed by atoms with Gasteiger partial charge in [0.2, 0.25) is 0 Å². The molecule has 1 saturated heterocycles. The van der Waals surface area contributed by atoms with E-state index in [-0.39, 0.29) is 0 Å². The molecule has 0 N–H and O–H groups in total. The van der Waals surface area contributed by atoms with Gasteiger partial charge in [0.05, 0.1) is 12.2 Å². The van der Waals surface area contributed by atoms with Crippen LogP contribution in [-0.2, 0) is 9.47 Å². The van der Waals surface area contributed by atoms with Gasteiger partial charge in [0.1, 0.15) is 0 Å². The Morgan fingerprint density at radius 3 is 2.60 bits per heavy atom. The van der Waals surface area contributed by atoms with Gasteiger partial charge in [-0.25, -0.2) is 0 Å². The average Bonchev–Trinajstić information content (AvgIpc) is 1.95. The predicted octanol–water partition coefficient (Wildman–Crippen LogP) is 1.45. The molecule has 0 radical (unpaired) electrons. The maximum Gasteiger partial charge on any atom is 0.0643 e. The highest BCUT2D eigenvalue weighted by molar-refractivity contribution is 4.75. The summed E-state index contributed by atoms with van der Waals surface area (Å²) < 4.78 is 10.7. The molecule has 0 aromatic carbocycles. The summed E-state index contributed by atoms with van der Waals surface area (Å²) in [5.41, 5.74) is 0. The second-order valence-electron chi connectivity index (χ2n) is 3.00. The largest absolute Gasteiger partial charge is 0.381 e. The van der Waals surface area contributed by atoms with Gasteiger partial charge in [-0.1, -0.05) is 6.92 Å². The van der Waals surface area contributed by atoms with Crippen LogP contribution in [-0.4, -0.2) is 25.9 Å². The van der Waals surface area contributed by atoms with Crippen LogP contribution in [0.4, 0.5) is 0 Å². The summed E-state index contributed by atoms with van der Waals surface area (Å²) in [5.74, 6) is 0.541. The van der Waals surface area contributed by atoms with E-state index in [0.29, 0.717) is 18.1 Å². The minimum atomic E-state index is 0.360. The third-order valence-corrected chi connectivity index (χ3v) is 2.41. The minimum absolute atomic E-state index is 0.360. The Morgan fingerprint density at radius 2 is 2.10 bits per heavy atom. The van der Waals surface area contributed by atoms with Crippen LogP contribution < -0.4 is 0 Å². The number of rotatable bonds is 1. The highest BCUT2D eigenvalue weighted by Crippen LogP contribution is 2.22. The Hall–Kier alpha value is -0.0800. The lowest BCUT2D eigenvalue weighted by Crippen LogP contribution is -2.37. The second-order valence-corrected chi connectivity index (χ2v) is 3.00. The molecule has 60 valence electrons. The zero-order valence-corrected chi connectivity index (χ0v) is 6.96. The fourth-order valence-electron chi connectivity index (χ4n) is 1.42. The van der Waals surface area contributed by atoms with Crippen molar-refractivity contribution in [2.75, 3.05) is 13.7 Å². The van der Waals surface area contributed by atoms with Gasteiger partial charge in [0, 0.05) is 19.6 Å². The zero-order chi connectivity index (χ0) is 7.56. The van der Waals surface area contributed by atoms with Crippen molar-refractivity contribution in [2.45, 2.75) is 32.5 Å². The SMILES string of the molecule is COC1CCOC(C)[C@@H]1C. The summed E-state index contributed by atoms with van der Waals surface area (Å²) in [6.45, 7) is 5.14. The van der Waals surface area contributed by atoms with Crippen molar-refractivity contribution in [2.24, 2.45) is 5.92 Å². The molecule has 0 bridgehead atoms. The van der Waals surface area contributed by atoms with Gasteiger partial charge in [-0.15, -0.1) is 0 Å². The van der Waals surface area contributed by atoms with Gasteiger partial charge in [-0.05, 0) is 13.3 Å². The number of methoxy groups -OCH3 is 1. The molecule has 10 heavy (non-hydrogen) atoms. The van der Waals surface area contributed by atoms with Gasteiger partial charge < -0.3 is 9.47 Å². The van der Waals surface area contributed by atoms with E-state index in [4.69, 9.17) is 9.47 Å². The molecule has 3 atom stereocenters. The number of hydrogen-bond donors (Lipinski definition) is 0. The molecule has 1 rings (SSSR count). The highest BCUT2D eigenvalue weighted by Gasteiger charge is 2.27. The van der Waals surface area contributed by atoms with Crippen LogP contribution >= 0.6 is 0 Å². The van der Waals surface area contributed by atoms with Gasteiger partial charge in [0.15, 0.2) is 0 Å². The summed E-state index contributed by atoms with van der Waals surface area (Å²) in [5, 5.41) is 0. The van der Waals surface area contributed by atoms with Crippen molar-refractivity contribution >= 4 is 0 Å². The standard InChI is InChI=1S/C8H16O2/c1-6-7(2)10-5-4-8(6)9-3/h6-8H,4-5H2,1-3H3/t6-,7?,8?/m0/s1. The molecule has 0 spiro atoms. The summed E-state index contributed by atoms with van der Waals surface area (Å²) >= 11 is 0. The minimum Gasteiger partial charge on any atom is -0.381 e. The first-order valence-corrected chi connectivity index (χ1v) is 3.90. The molecule has 2 nitrogen and oxygen atoms in total. The molecular formula is C8H16O2. The zero-order valence-electron chi connectivity index (χ0n) is 6.96. The third-order valence-electron chi connectivity index (χ3n) is 2.41. The van der Waals surface area contributed by atoms with Crippen LogP contribution in [0.15, 0.2) is 0 Å². The second kappa shape index (κ2) is 3.35. The Morgan fingerprint density at radius 1 is 1.40 bits per heavy atom. The van der Waals surface area contributed by atoms with Crippen LogP contribution in [0.3, 0.4) is 0 Å². The molecule has 0 aliphatic carbocycles. The molecule has 0 aromatic heterocycles. The lowest BCUT2D eigenvalue weighted by Gasteiger charge is -2.32. The topological polar surface area (TPSA) is 18.5 Å². The fraction of sp³-hybridized carbons (Fsp3) is 1.00. The first-order chi connectivity index (χ1) is 4.75. The van der Waals surface area contributed by atoms with E-state index in [1.54, 1.807) is 7.11 Å². The van der Waals surface area contributed by atoms with Crippen LogP contribution in [0.1, 0.15) is 20.3 Å². The van der Waals surface area contributed by atoms with Crippen LogP contribution in [0.5, 0.6) is 0 Å². The van der Waals surface area contributed by atoms with Crippen molar-refractivity contribution in [3.63, 3.8) is 0 Å². The summed E-state index contributed by atoms with van der Waals surface area (Å²) in [6.07, 6.45) is 1.81. The smallest absolute Gasteiger partial charge is 0.0643 e. The highest BCUT2D eigenvalue weighted by atomic mass is 16.5. The van der Waals surface area contributed by atoms with Crippen molar-refractivity contribution in [3.8, 4) is 0 Å². The molecule has 0 aromatic rings. The van der Waals surface area contributed by atoms with Crippen LogP contribution in [0.2, 0.25) is 0 Å². The third kappa shape index (κ3) is 1.50. The van der Waals surface area contributed by atoms with E-state index in [1.807, 2.05) is 0 Å². The fourth-order valence-corrected chi connectivity index (χ4v) is 1.42.